The van der Waals surface area contributed by atoms with Crippen molar-refractivity contribution in [3.8, 4) is 0 Å². The van der Waals surface area contributed by atoms with Crippen LogP contribution in [0.25, 0.3) is 0 Å². The van der Waals surface area contributed by atoms with Crippen molar-refractivity contribution in [2.75, 3.05) is 65.4 Å². The first-order chi connectivity index (χ1) is 34.2. The number of carbonyl (C=O) groups excluding carboxylic acids is 9. The molecular weight excluding hydrogens is 997 g/mol. The van der Waals surface area contributed by atoms with Crippen molar-refractivity contribution in [2.24, 2.45) is 16.5 Å². The Balaban J connectivity index is -0.0000000760. The number of carbonyl (C=O) groups is 9. The van der Waals surface area contributed by atoms with Crippen LogP contribution in [0.3, 0.4) is 0 Å². The molecule has 0 saturated carbocycles. The van der Waals surface area contributed by atoms with Gasteiger partial charge in [-0.3, -0.25) is 38.5 Å². The molecule has 0 bridgehead atoms. The van der Waals surface area contributed by atoms with E-state index in [1.807, 2.05) is 90.0 Å². The maximum atomic E-state index is 11.5. The van der Waals surface area contributed by atoms with Crippen molar-refractivity contribution in [2.45, 2.75) is 222 Å². The third-order valence-corrected chi connectivity index (χ3v) is 8.69. The maximum absolute atomic E-state index is 11.5. The van der Waals surface area contributed by atoms with E-state index in [4.69, 9.17) is 11.5 Å². The number of carboxylic acids is 2. The van der Waals surface area contributed by atoms with Crippen LogP contribution in [0.1, 0.15) is 192 Å². The molecule has 1 saturated heterocycles. The van der Waals surface area contributed by atoms with Crippen molar-refractivity contribution >= 4 is 59.2 Å². The molecule has 0 aromatic heterocycles. The third kappa shape index (κ3) is 58.2. The number of nitrogens with two attached hydrogens (primary N) is 2. The van der Waals surface area contributed by atoms with Gasteiger partial charge in [0.05, 0.1) is 43.0 Å². The van der Waals surface area contributed by atoms with Gasteiger partial charge in [-0.25, -0.2) is 0 Å². The lowest BCUT2D eigenvalue weighted by atomic mass is 10.2. The van der Waals surface area contributed by atoms with Gasteiger partial charge in [0.1, 0.15) is 0 Å². The smallest absolute Gasteiger partial charge is 0.246 e. The molecule has 1 heterocycles. The highest BCUT2D eigenvalue weighted by Crippen LogP contribution is 2.13. The number of likely N-dealkylation sites (N-methyl/N-ethyl adjacent to an activating group) is 6. The van der Waals surface area contributed by atoms with E-state index in [2.05, 4.69) is 47.5 Å². The van der Waals surface area contributed by atoms with Crippen molar-refractivity contribution in [1.29, 1.82) is 0 Å². The van der Waals surface area contributed by atoms with Crippen LogP contribution in [-0.4, -0.2) is 160 Å². The minimum absolute atomic E-state index is 0. The summed E-state index contributed by atoms with van der Waals surface area (Å²) >= 11 is 0. The number of aliphatic carboxylic acids is 2. The Morgan fingerprint density at radius 3 is 1.34 bits per heavy atom. The summed E-state index contributed by atoms with van der Waals surface area (Å²) in [4.78, 5) is 104. The second-order valence-electron chi connectivity index (χ2n) is 14.8. The average molecular weight is 1110 g/mol. The van der Waals surface area contributed by atoms with E-state index in [9.17, 15) is 58.5 Å². The molecule has 77 heavy (non-hydrogen) atoms. The Hall–Kier alpha value is -5.30. The molecule has 12 N–H and O–H groups in total. The summed E-state index contributed by atoms with van der Waals surface area (Å²) in [5, 5.41) is 54.4. The molecule has 464 valence electrons. The van der Waals surface area contributed by atoms with E-state index >= 15 is 0 Å². The van der Waals surface area contributed by atoms with Gasteiger partial charge < -0.3 is 83.9 Å². The molecule has 0 aromatic rings. The summed E-state index contributed by atoms with van der Waals surface area (Å²) in [6.07, 6.45) is 3.34. The Morgan fingerprint density at radius 2 is 0.961 bits per heavy atom. The summed E-state index contributed by atoms with van der Waals surface area (Å²) in [5.74, 6) is -4.53. The highest BCUT2D eigenvalue weighted by Gasteiger charge is 2.37. The van der Waals surface area contributed by atoms with E-state index < -0.39 is 47.9 Å². The minimum Gasteiger partial charge on any atom is -0.861 e. The molecule has 5 unspecified atom stereocenters. The number of amides is 7. The fourth-order valence-electron chi connectivity index (χ4n) is 5.63. The number of hydrogen-bond acceptors (Lipinski definition) is 18. The summed E-state index contributed by atoms with van der Waals surface area (Å²) in [7, 11) is 0. The molecule has 1 aliphatic heterocycles. The summed E-state index contributed by atoms with van der Waals surface area (Å²) < 4.78 is 0. The van der Waals surface area contributed by atoms with Crippen molar-refractivity contribution < 1.29 is 58.5 Å². The fraction of sp³-hybridized carbons (Fsp3) is 0.811. The molecular formula is C53H117N12O12-3. The van der Waals surface area contributed by atoms with E-state index in [1.165, 1.54) is 4.90 Å². The number of aliphatic imine (C=N–C) groups is 1. The molecule has 0 radical (unpaired) electrons. The molecule has 5 atom stereocenters. The lowest BCUT2D eigenvalue weighted by Gasteiger charge is -2.22. The summed E-state index contributed by atoms with van der Waals surface area (Å²) in [6, 6.07) is -2.90. The average Bonchev–Trinajstić information content (AvgIpc) is 3.60. The highest BCUT2D eigenvalue weighted by molar-refractivity contribution is 6.05. The van der Waals surface area contributed by atoms with Gasteiger partial charge in [-0.2, -0.15) is 0 Å². The molecule has 24 heteroatoms. The maximum Gasteiger partial charge on any atom is 0.246 e. The normalized spacial score (nSPS) is 13.0. The predicted molar refractivity (Wildman–Crippen MR) is 310 cm³/mol. The Bertz CT molecular complexity index is 1490. The highest BCUT2D eigenvalue weighted by atomic mass is 16.4. The van der Waals surface area contributed by atoms with E-state index in [0.29, 0.717) is 65.3 Å². The van der Waals surface area contributed by atoms with Gasteiger partial charge in [-0.05, 0) is 71.2 Å². The largest absolute Gasteiger partial charge is 0.861 e. The van der Waals surface area contributed by atoms with Crippen LogP contribution in [0.15, 0.2) is 4.99 Å². The number of likely N-dealkylation sites (tertiary alicyclic amines) is 1. The SMILES string of the molecule is C.C.C.C.C.CC.CC.CCCN1C(=O)CC(NCC)C1=O.CCCN=C([O-])C(CC(N)=O)NCC.CCCNC(=O)C(CC(=O)[O-])NCC.CCCNC(=O)CC(NCC)C(=O)[O-].CCNC(=O)C(CC(N)=O)NCC. The van der Waals surface area contributed by atoms with Gasteiger partial charge in [0.2, 0.25) is 41.4 Å². The van der Waals surface area contributed by atoms with Crippen LogP contribution >= 0.6 is 0 Å². The van der Waals surface area contributed by atoms with E-state index in [0.717, 1.165) is 32.2 Å². The number of nitrogens with one attached hydrogen (secondary N) is 8. The van der Waals surface area contributed by atoms with Crippen molar-refractivity contribution in [1.82, 2.24) is 47.4 Å². The lowest BCUT2D eigenvalue weighted by molar-refractivity contribution is -0.309. The number of primary amides is 2. The summed E-state index contributed by atoms with van der Waals surface area (Å²) in [6.45, 7) is 32.6. The fourth-order valence-corrected chi connectivity index (χ4v) is 5.63. The molecule has 1 fully saturated rings. The van der Waals surface area contributed by atoms with Gasteiger partial charge in [0.25, 0.3) is 0 Å². The van der Waals surface area contributed by atoms with Crippen molar-refractivity contribution in [3.05, 3.63) is 0 Å². The molecule has 1 rings (SSSR count). The first kappa shape index (κ1) is 97.3. The number of hydrogen-bond donors (Lipinski definition) is 10. The van der Waals surface area contributed by atoms with Gasteiger partial charge >= 0.3 is 0 Å². The standard InChI is InChI=1S/C9H19N3O2.2C9H18N2O3.C9H16N2O2.C8H17N3O2.2C2H6.5CH4/c1-3-5-12-9(14)7(11-4-2)6-8(10)13;1-3-5-11-9(14)7(10-4-2)6-8(12)13;1-3-5-11-8(12)6-7(9(13)14)10-4-2;1-3-5-11-8(12)6-7(9(11)13)10-4-2;1-3-10-6(5-7(9)12)8(13)11-4-2;2*1-2;;;;;/h7,11H,3-6H2,1-2H3,(H2,10,13)(H,12,14);7,10H,3-6H2,1-2H3,(H,11,14)(H,12,13);7,10H,3-6H2,1-2H3,(H,11,12)(H,13,14);7,10H,3-6H2,1-2H3;6,10H,3-5H2,1-2H3,(H2,9,12)(H,11,13);2*1-2H3;5*1H4/p-3. The topological polar surface area (TPSA) is 387 Å². The quantitative estimate of drug-likeness (QED) is 0.0258. The molecule has 24 nitrogen and oxygen atoms in total. The monoisotopic (exact) mass is 1110 g/mol. The van der Waals surface area contributed by atoms with Crippen LogP contribution in [0, 0.1) is 0 Å². The molecule has 0 aromatic carbocycles. The molecule has 7 amide bonds. The molecule has 1 aliphatic rings. The predicted octanol–water partition coefficient (Wildman–Crippen LogP) is 0.612. The van der Waals surface area contributed by atoms with E-state index in [-0.39, 0.29) is 104 Å². The third-order valence-electron chi connectivity index (χ3n) is 8.69. The van der Waals surface area contributed by atoms with Crippen LogP contribution in [-0.2, 0) is 43.2 Å². The molecule has 0 spiro atoms. The lowest BCUT2D eigenvalue weighted by Crippen LogP contribution is -2.48. The van der Waals surface area contributed by atoms with Crippen LogP contribution in [0.5, 0.6) is 0 Å². The number of carboxylic acid groups (broad SMARTS) is 2. The minimum atomic E-state index is -1.24. The number of rotatable bonds is 31. The van der Waals surface area contributed by atoms with Crippen LogP contribution in [0.4, 0.5) is 0 Å². The first-order valence-corrected chi connectivity index (χ1v) is 25.7. The zero-order valence-corrected chi connectivity index (χ0v) is 46.3. The Kier molecular flexibility index (Phi) is 86.8. The van der Waals surface area contributed by atoms with Gasteiger partial charge in [0.15, 0.2) is 0 Å². The van der Waals surface area contributed by atoms with Gasteiger partial charge in [-0.15, -0.1) is 0 Å². The Morgan fingerprint density at radius 1 is 0.545 bits per heavy atom. The zero-order valence-electron chi connectivity index (χ0n) is 46.3. The van der Waals surface area contributed by atoms with Crippen molar-refractivity contribution in [3.63, 3.8) is 0 Å². The van der Waals surface area contributed by atoms with Gasteiger partial charge in [0, 0.05) is 64.0 Å². The Labute approximate surface area is 467 Å². The van der Waals surface area contributed by atoms with E-state index in [1.54, 1.807) is 6.92 Å². The first-order valence-electron chi connectivity index (χ1n) is 25.7. The summed E-state index contributed by atoms with van der Waals surface area (Å²) in [5.41, 5.74) is 10.0. The molecule has 0 aliphatic carbocycles. The second kappa shape index (κ2) is 68.7. The second-order valence-corrected chi connectivity index (χ2v) is 14.8. The number of imide groups is 1. The van der Waals surface area contributed by atoms with Gasteiger partial charge in [-0.1, -0.05) is 127 Å². The van der Waals surface area contributed by atoms with Crippen LogP contribution in [0.2, 0.25) is 0 Å². The van der Waals surface area contributed by atoms with Crippen LogP contribution < -0.4 is 69.3 Å². The zero-order chi connectivity index (χ0) is 57.0. The number of nitrogens with zero attached hydrogens (tertiary/aromatic N) is 2.